The van der Waals surface area contributed by atoms with Gasteiger partial charge in [-0.2, -0.15) is 0 Å². The van der Waals surface area contributed by atoms with Crippen molar-refractivity contribution in [3.8, 4) is 0 Å². The lowest BCUT2D eigenvalue weighted by Gasteiger charge is -2.33. The zero-order valence-electron chi connectivity index (χ0n) is 14.0. The molecule has 4 rings (SSSR count). The van der Waals surface area contributed by atoms with E-state index in [1.165, 1.54) is 25.5 Å². The van der Waals surface area contributed by atoms with Gasteiger partial charge in [0.25, 0.3) is 5.56 Å². The highest BCUT2D eigenvalue weighted by Gasteiger charge is 2.42. The molecule has 2 fully saturated rings. The Bertz CT molecular complexity index is 829. The first kappa shape index (κ1) is 15.4. The molecule has 1 saturated heterocycles. The summed E-state index contributed by atoms with van der Waals surface area (Å²) in [5.74, 6) is 0.707. The van der Waals surface area contributed by atoms with Crippen LogP contribution in [0.3, 0.4) is 0 Å². The normalized spacial score (nSPS) is 26.5. The van der Waals surface area contributed by atoms with Gasteiger partial charge in [0.15, 0.2) is 0 Å². The summed E-state index contributed by atoms with van der Waals surface area (Å²) < 4.78 is 1.56. The Hall–Kier alpha value is -2.17. The standard InChI is InChI=1S/C19H23N3O2/c1-13-10-14-6-2-4-8-16(14)22(13)19(24)12-21-17-9-5-3-7-15(17)20-11-18(21)23/h3,5,7,9,11,13-14,16H,2,4,6,8,10,12H2,1H3/t13-,14-,16-/m1/s1. The topological polar surface area (TPSA) is 55.2 Å². The SMILES string of the molecule is C[C@@H]1C[C@H]2CCCC[C@H]2N1C(=O)Cn1c(=O)cnc2ccccc21. The van der Waals surface area contributed by atoms with Gasteiger partial charge in [-0.1, -0.05) is 25.0 Å². The van der Waals surface area contributed by atoms with E-state index in [9.17, 15) is 9.59 Å². The minimum absolute atomic E-state index is 0.0651. The molecule has 3 atom stereocenters. The summed E-state index contributed by atoms with van der Waals surface area (Å²) in [5.41, 5.74) is 1.26. The molecule has 1 aliphatic carbocycles. The molecule has 126 valence electrons. The number of benzene rings is 1. The average molecular weight is 325 g/mol. The summed E-state index contributed by atoms with van der Waals surface area (Å²) in [5, 5.41) is 0. The molecule has 2 aromatic rings. The predicted molar refractivity (Wildman–Crippen MR) is 92.7 cm³/mol. The van der Waals surface area contributed by atoms with Crippen LogP contribution in [0, 0.1) is 5.92 Å². The zero-order valence-corrected chi connectivity index (χ0v) is 14.0. The Morgan fingerprint density at radius 2 is 2.04 bits per heavy atom. The van der Waals surface area contributed by atoms with Gasteiger partial charge < -0.3 is 4.90 Å². The first-order valence-corrected chi connectivity index (χ1v) is 8.91. The second-order valence-corrected chi connectivity index (χ2v) is 7.17. The van der Waals surface area contributed by atoms with E-state index in [1.54, 1.807) is 4.57 Å². The Balaban J connectivity index is 1.65. The van der Waals surface area contributed by atoms with Crippen molar-refractivity contribution in [2.75, 3.05) is 0 Å². The van der Waals surface area contributed by atoms with E-state index in [0.29, 0.717) is 12.0 Å². The molecule has 5 nitrogen and oxygen atoms in total. The summed E-state index contributed by atoms with van der Waals surface area (Å²) in [6.45, 7) is 2.25. The fraction of sp³-hybridized carbons (Fsp3) is 0.526. The maximum atomic E-state index is 13.0. The Morgan fingerprint density at radius 1 is 1.25 bits per heavy atom. The molecule has 1 amide bonds. The molecule has 24 heavy (non-hydrogen) atoms. The van der Waals surface area contributed by atoms with Crippen molar-refractivity contribution in [3.63, 3.8) is 0 Å². The number of amides is 1. The molecule has 0 N–H and O–H groups in total. The number of hydrogen-bond acceptors (Lipinski definition) is 3. The largest absolute Gasteiger partial charge is 0.335 e. The molecular formula is C19H23N3O2. The number of carbonyl (C=O) groups excluding carboxylic acids is 1. The molecule has 0 unspecified atom stereocenters. The van der Waals surface area contributed by atoms with Crippen LogP contribution >= 0.6 is 0 Å². The summed E-state index contributed by atoms with van der Waals surface area (Å²) >= 11 is 0. The van der Waals surface area contributed by atoms with Crippen LogP contribution in [-0.4, -0.2) is 32.4 Å². The highest BCUT2D eigenvalue weighted by atomic mass is 16.2. The van der Waals surface area contributed by atoms with Crippen LogP contribution in [0.15, 0.2) is 35.3 Å². The predicted octanol–water partition coefficient (Wildman–Crippen LogP) is 2.58. The van der Waals surface area contributed by atoms with E-state index in [2.05, 4.69) is 16.8 Å². The van der Waals surface area contributed by atoms with Crippen LogP contribution in [-0.2, 0) is 11.3 Å². The number of nitrogens with zero attached hydrogens (tertiary/aromatic N) is 3. The van der Waals surface area contributed by atoms with Gasteiger partial charge in [0, 0.05) is 12.1 Å². The monoisotopic (exact) mass is 325 g/mol. The van der Waals surface area contributed by atoms with Crippen molar-refractivity contribution >= 4 is 16.9 Å². The average Bonchev–Trinajstić information content (AvgIpc) is 2.93. The van der Waals surface area contributed by atoms with E-state index in [0.717, 1.165) is 23.9 Å². The van der Waals surface area contributed by atoms with Crippen molar-refractivity contribution < 1.29 is 4.79 Å². The highest BCUT2D eigenvalue weighted by Crippen LogP contribution is 2.39. The Morgan fingerprint density at radius 3 is 2.92 bits per heavy atom. The third kappa shape index (κ3) is 2.52. The molecule has 1 saturated carbocycles. The van der Waals surface area contributed by atoms with E-state index in [4.69, 9.17) is 0 Å². The Labute approximate surface area is 141 Å². The van der Waals surface area contributed by atoms with Gasteiger partial charge in [-0.15, -0.1) is 0 Å². The number of para-hydroxylation sites is 2. The lowest BCUT2D eigenvalue weighted by Crippen LogP contribution is -2.45. The van der Waals surface area contributed by atoms with Crippen LogP contribution in [0.25, 0.3) is 11.0 Å². The molecule has 1 aromatic carbocycles. The molecule has 1 aliphatic heterocycles. The number of carbonyl (C=O) groups is 1. The Kier molecular flexibility index (Phi) is 3.87. The number of fused-ring (bicyclic) bond motifs is 2. The number of rotatable bonds is 2. The lowest BCUT2D eigenvalue weighted by atomic mass is 9.85. The van der Waals surface area contributed by atoms with Crippen molar-refractivity contribution in [1.29, 1.82) is 0 Å². The number of hydrogen-bond donors (Lipinski definition) is 0. The molecule has 2 aliphatic rings. The summed E-state index contributed by atoms with van der Waals surface area (Å²) in [7, 11) is 0. The van der Waals surface area contributed by atoms with E-state index in [-0.39, 0.29) is 24.1 Å². The maximum absolute atomic E-state index is 13.0. The minimum atomic E-state index is -0.214. The fourth-order valence-electron chi connectivity index (χ4n) is 4.63. The number of aromatic nitrogens is 2. The maximum Gasteiger partial charge on any atom is 0.269 e. The molecule has 0 radical (unpaired) electrons. The fourth-order valence-corrected chi connectivity index (χ4v) is 4.63. The summed E-state index contributed by atoms with van der Waals surface area (Å²) in [6, 6.07) is 8.12. The van der Waals surface area contributed by atoms with E-state index >= 15 is 0 Å². The van der Waals surface area contributed by atoms with Gasteiger partial charge in [-0.25, -0.2) is 4.98 Å². The van der Waals surface area contributed by atoms with Gasteiger partial charge in [0.1, 0.15) is 6.54 Å². The molecule has 5 heteroatoms. The second-order valence-electron chi connectivity index (χ2n) is 7.17. The molecule has 2 heterocycles. The van der Waals surface area contributed by atoms with Crippen LogP contribution in [0.4, 0.5) is 0 Å². The van der Waals surface area contributed by atoms with Gasteiger partial charge in [0.2, 0.25) is 5.91 Å². The summed E-state index contributed by atoms with van der Waals surface area (Å²) in [4.78, 5) is 31.5. The van der Waals surface area contributed by atoms with E-state index < -0.39 is 0 Å². The zero-order chi connectivity index (χ0) is 16.7. The molecule has 0 bridgehead atoms. The second kappa shape index (κ2) is 6.04. The van der Waals surface area contributed by atoms with Crippen molar-refractivity contribution in [1.82, 2.24) is 14.5 Å². The smallest absolute Gasteiger partial charge is 0.269 e. The number of likely N-dealkylation sites (tertiary alicyclic amines) is 1. The van der Waals surface area contributed by atoms with Crippen molar-refractivity contribution in [3.05, 3.63) is 40.8 Å². The van der Waals surface area contributed by atoms with Gasteiger partial charge in [-0.05, 0) is 44.2 Å². The quantitative estimate of drug-likeness (QED) is 0.853. The highest BCUT2D eigenvalue weighted by molar-refractivity contribution is 5.80. The summed E-state index contributed by atoms with van der Waals surface area (Å²) in [6.07, 6.45) is 7.23. The van der Waals surface area contributed by atoms with Gasteiger partial charge in [-0.3, -0.25) is 14.2 Å². The van der Waals surface area contributed by atoms with Crippen LogP contribution in [0.2, 0.25) is 0 Å². The first-order chi connectivity index (χ1) is 11.6. The third-order valence-electron chi connectivity index (χ3n) is 5.68. The van der Waals surface area contributed by atoms with Crippen molar-refractivity contribution in [2.45, 2.75) is 57.7 Å². The molecule has 1 aromatic heterocycles. The van der Waals surface area contributed by atoms with Gasteiger partial charge >= 0.3 is 0 Å². The molecular weight excluding hydrogens is 302 g/mol. The van der Waals surface area contributed by atoms with Crippen molar-refractivity contribution in [2.24, 2.45) is 5.92 Å². The van der Waals surface area contributed by atoms with Crippen LogP contribution < -0.4 is 5.56 Å². The van der Waals surface area contributed by atoms with Gasteiger partial charge in [0.05, 0.1) is 17.2 Å². The van der Waals surface area contributed by atoms with Crippen LogP contribution in [0.1, 0.15) is 39.0 Å². The van der Waals surface area contributed by atoms with Crippen LogP contribution in [0.5, 0.6) is 0 Å². The first-order valence-electron chi connectivity index (χ1n) is 8.91. The van der Waals surface area contributed by atoms with E-state index in [1.807, 2.05) is 24.3 Å². The lowest BCUT2D eigenvalue weighted by molar-refractivity contribution is -0.135. The molecule has 0 spiro atoms. The third-order valence-corrected chi connectivity index (χ3v) is 5.68. The minimum Gasteiger partial charge on any atom is -0.335 e.